The lowest BCUT2D eigenvalue weighted by Crippen LogP contribution is -2.51. The Morgan fingerprint density at radius 1 is 1.22 bits per heavy atom. The number of nitrogens with zero attached hydrogens (tertiary/aromatic N) is 1. The molecule has 1 rings (SSSR count). The molecule has 0 radical (unpaired) electrons. The van der Waals surface area contributed by atoms with Crippen LogP contribution in [0, 0.1) is 0 Å². The van der Waals surface area contributed by atoms with Gasteiger partial charge in [-0.05, 0) is 26.9 Å². The summed E-state index contributed by atoms with van der Waals surface area (Å²) in [5, 5.41) is 12.0. The van der Waals surface area contributed by atoms with Crippen molar-refractivity contribution in [2.45, 2.75) is 50.5 Å². The van der Waals surface area contributed by atoms with Crippen LogP contribution in [0.1, 0.15) is 44.9 Å². The van der Waals surface area contributed by atoms with Gasteiger partial charge in [-0.25, -0.2) is 0 Å². The fourth-order valence-corrected chi connectivity index (χ4v) is 2.55. The molecule has 0 aromatic rings. The van der Waals surface area contributed by atoms with E-state index in [0.717, 1.165) is 32.1 Å². The normalized spacial score (nSPS) is 18.6. The van der Waals surface area contributed by atoms with Crippen LogP contribution in [0.3, 0.4) is 0 Å². The fraction of sp³-hybridized carbons (Fsp3) is 0.846. The van der Waals surface area contributed by atoms with Gasteiger partial charge in [-0.3, -0.25) is 9.59 Å². The number of aliphatic carboxylic acids is 1. The number of carbonyl (C=O) groups excluding carboxylic acids is 1. The summed E-state index contributed by atoms with van der Waals surface area (Å²) >= 11 is 0. The number of carbonyl (C=O) groups is 2. The summed E-state index contributed by atoms with van der Waals surface area (Å²) in [7, 11) is 3.84. The van der Waals surface area contributed by atoms with Gasteiger partial charge in [-0.1, -0.05) is 19.3 Å². The minimum Gasteiger partial charge on any atom is -0.481 e. The van der Waals surface area contributed by atoms with E-state index in [1.165, 1.54) is 0 Å². The van der Waals surface area contributed by atoms with E-state index in [4.69, 9.17) is 5.11 Å². The Morgan fingerprint density at radius 2 is 1.83 bits per heavy atom. The molecule has 1 saturated carbocycles. The van der Waals surface area contributed by atoms with Crippen molar-refractivity contribution in [1.29, 1.82) is 0 Å². The Morgan fingerprint density at radius 3 is 2.33 bits per heavy atom. The van der Waals surface area contributed by atoms with Crippen molar-refractivity contribution in [2.75, 3.05) is 20.6 Å². The Labute approximate surface area is 109 Å². The number of hydrogen-bond acceptors (Lipinski definition) is 3. The highest BCUT2D eigenvalue weighted by Gasteiger charge is 2.35. The van der Waals surface area contributed by atoms with Crippen molar-refractivity contribution >= 4 is 11.9 Å². The van der Waals surface area contributed by atoms with Gasteiger partial charge in [-0.2, -0.15) is 0 Å². The van der Waals surface area contributed by atoms with Crippen molar-refractivity contribution < 1.29 is 14.7 Å². The number of rotatable bonds is 6. The van der Waals surface area contributed by atoms with Gasteiger partial charge < -0.3 is 15.3 Å². The molecule has 1 aliphatic rings. The number of hydrogen-bond donors (Lipinski definition) is 2. The van der Waals surface area contributed by atoms with Crippen LogP contribution in [0.2, 0.25) is 0 Å². The van der Waals surface area contributed by atoms with Crippen LogP contribution in [-0.2, 0) is 9.59 Å². The minimum atomic E-state index is -0.829. The molecule has 0 aromatic carbocycles. The van der Waals surface area contributed by atoms with Gasteiger partial charge in [-0.15, -0.1) is 0 Å². The van der Waals surface area contributed by atoms with Crippen LogP contribution in [0.5, 0.6) is 0 Å². The maximum absolute atomic E-state index is 11.9. The van der Waals surface area contributed by atoms with Crippen LogP contribution in [0.4, 0.5) is 0 Å². The lowest BCUT2D eigenvalue weighted by Gasteiger charge is -2.37. The van der Waals surface area contributed by atoms with Gasteiger partial charge in [0.25, 0.3) is 0 Å². The van der Waals surface area contributed by atoms with E-state index in [1.54, 1.807) is 0 Å². The molecule has 0 heterocycles. The monoisotopic (exact) mass is 256 g/mol. The Bertz CT molecular complexity index is 297. The Balaban J connectivity index is 2.55. The van der Waals surface area contributed by atoms with E-state index >= 15 is 0 Å². The average molecular weight is 256 g/mol. The molecular formula is C13H24N2O3. The van der Waals surface area contributed by atoms with Gasteiger partial charge in [0.15, 0.2) is 0 Å². The zero-order valence-electron chi connectivity index (χ0n) is 11.4. The van der Waals surface area contributed by atoms with Crippen LogP contribution < -0.4 is 5.32 Å². The largest absolute Gasteiger partial charge is 0.481 e. The molecule has 0 aromatic heterocycles. The molecule has 5 nitrogen and oxygen atoms in total. The molecule has 0 spiro atoms. The second kappa shape index (κ2) is 6.73. The highest BCUT2D eigenvalue weighted by Crippen LogP contribution is 2.31. The molecule has 18 heavy (non-hydrogen) atoms. The first kappa shape index (κ1) is 15.0. The van der Waals surface area contributed by atoms with Crippen molar-refractivity contribution in [3.63, 3.8) is 0 Å². The second-order valence-electron chi connectivity index (χ2n) is 5.51. The molecule has 2 N–H and O–H groups in total. The lowest BCUT2D eigenvalue weighted by atomic mass is 9.79. The lowest BCUT2D eigenvalue weighted by molar-refractivity contribution is -0.139. The first-order chi connectivity index (χ1) is 8.43. The van der Waals surface area contributed by atoms with Gasteiger partial charge >= 0.3 is 5.97 Å². The standard InChI is InChI=1S/C13H24N2O3/c1-15(2)9-6-11(16)14-13(10-12(17)18)7-4-3-5-8-13/h3-10H2,1-2H3,(H,14,16)(H,17,18). The molecule has 1 amide bonds. The highest BCUT2D eigenvalue weighted by atomic mass is 16.4. The van der Waals surface area contributed by atoms with Crippen LogP contribution in [0.15, 0.2) is 0 Å². The molecule has 5 heteroatoms. The first-order valence-electron chi connectivity index (χ1n) is 6.61. The van der Waals surface area contributed by atoms with E-state index < -0.39 is 11.5 Å². The summed E-state index contributed by atoms with van der Waals surface area (Å²) < 4.78 is 0. The van der Waals surface area contributed by atoms with Gasteiger partial charge in [0.05, 0.1) is 12.0 Å². The van der Waals surface area contributed by atoms with Crippen molar-refractivity contribution in [1.82, 2.24) is 10.2 Å². The third-order valence-electron chi connectivity index (χ3n) is 3.49. The zero-order chi connectivity index (χ0) is 13.6. The van der Waals surface area contributed by atoms with Crippen molar-refractivity contribution in [3.8, 4) is 0 Å². The smallest absolute Gasteiger partial charge is 0.305 e. The molecule has 0 saturated heterocycles. The summed E-state index contributed by atoms with van der Waals surface area (Å²) in [4.78, 5) is 24.8. The average Bonchev–Trinajstić information content (AvgIpc) is 2.26. The summed E-state index contributed by atoms with van der Waals surface area (Å²) in [5.41, 5.74) is -0.506. The maximum Gasteiger partial charge on any atom is 0.305 e. The topological polar surface area (TPSA) is 69.6 Å². The highest BCUT2D eigenvalue weighted by molar-refractivity contribution is 5.78. The Kier molecular flexibility index (Phi) is 5.59. The summed E-state index contributed by atoms with van der Waals surface area (Å²) in [6.07, 6.45) is 5.17. The van der Waals surface area contributed by atoms with Crippen LogP contribution in [0.25, 0.3) is 0 Å². The van der Waals surface area contributed by atoms with Crippen molar-refractivity contribution in [3.05, 3.63) is 0 Å². The predicted molar refractivity (Wildman–Crippen MR) is 69.4 cm³/mol. The summed E-state index contributed by atoms with van der Waals surface area (Å²) in [5.74, 6) is -0.864. The molecule has 0 aliphatic heterocycles. The molecule has 0 atom stereocenters. The van der Waals surface area contributed by atoms with Gasteiger partial charge in [0, 0.05) is 13.0 Å². The molecule has 0 bridgehead atoms. The predicted octanol–water partition coefficient (Wildman–Crippen LogP) is 1.23. The molecule has 1 aliphatic carbocycles. The van der Waals surface area contributed by atoms with E-state index in [0.29, 0.717) is 13.0 Å². The van der Waals surface area contributed by atoms with E-state index in [1.807, 2.05) is 19.0 Å². The number of carboxylic acid groups (broad SMARTS) is 1. The molecule has 1 fully saturated rings. The number of nitrogens with one attached hydrogen (secondary N) is 1. The number of amides is 1. The minimum absolute atomic E-state index is 0.0353. The molecule has 0 unspecified atom stereocenters. The van der Waals surface area contributed by atoms with E-state index in [9.17, 15) is 9.59 Å². The Hall–Kier alpha value is -1.10. The van der Waals surface area contributed by atoms with Gasteiger partial charge in [0.1, 0.15) is 0 Å². The fourth-order valence-electron chi connectivity index (χ4n) is 2.55. The third kappa shape index (κ3) is 5.04. The van der Waals surface area contributed by atoms with Crippen LogP contribution in [-0.4, -0.2) is 48.1 Å². The summed E-state index contributed by atoms with van der Waals surface area (Å²) in [6, 6.07) is 0. The van der Waals surface area contributed by atoms with E-state index in [2.05, 4.69) is 5.32 Å². The van der Waals surface area contributed by atoms with Gasteiger partial charge in [0.2, 0.25) is 5.91 Å². The first-order valence-corrected chi connectivity index (χ1v) is 6.61. The van der Waals surface area contributed by atoms with Crippen LogP contribution >= 0.6 is 0 Å². The summed E-state index contributed by atoms with van der Waals surface area (Å²) in [6.45, 7) is 0.689. The SMILES string of the molecule is CN(C)CCC(=O)NC1(CC(=O)O)CCCCC1. The van der Waals surface area contributed by atoms with E-state index in [-0.39, 0.29) is 12.3 Å². The third-order valence-corrected chi connectivity index (χ3v) is 3.49. The molecule has 104 valence electrons. The molecular weight excluding hydrogens is 232 g/mol. The number of carboxylic acids is 1. The zero-order valence-corrected chi connectivity index (χ0v) is 11.4. The second-order valence-corrected chi connectivity index (χ2v) is 5.51. The van der Waals surface area contributed by atoms with Crippen molar-refractivity contribution in [2.24, 2.45) is 0 Å². The quantitative estimate of drug-likeness (QED) is 0.750. The maximum atomic E-state index is 11.9.